The maximum absolute atomic E-state index is 12.8. The van der Waals surface area contributed by atoms with E-state index in [4.69, 9.17) is 9.47 Å². The lowest BCUT2D eigenvalue weighted by Crippen LogP contribution is -2.36. The summed E-state index contributed by atoms with van der Waals surface area (Å²) in [5, 5.41) is 1.79. The van der Waals surface area contributed by atoms with Gasteiger partial charge in [0.2, 0.25) is 0 Å². The molecule has 0 aliphatic heterocycles. The van der Waals surface area contributed by atoms with Crippen LogP contribution in [0.3, 0.4) is 0 Å². The van der Waals surface area contributed by atoms with Crippen LogP contribution in [-0.4, -0.2) is 36.5 Å². The Labute approximate surface area is 169 Å². The number of benzene rings is 3. The molecule has 1 saturated carbocycles. The van der Waals surface area contributed by atoms with Crippen LogP contribution in [0.2, 0.25) is 0 Å². The number of ether oxygens (including phenoxy) is 2. The summed E-state index contributed by atoms with van der Waals surface area (Å²) in [6.07, 6.45) is 1.97. The molecule has 0 heterocycles. The lowest BCUT2D eigenvalue weighted by Gasteiger charge is -2.22. The molecule has 0 spiro atoms. The predicted molar refractivity (Wildman–Crippen MR) is 111 cm³/mol. The molecular weight excluding hydrogens is 366 g/mol. The van der Waals surface area contributed by atoms with E-state index in [1.54, 1.807) is 18.1 Å². The molecule has 0 N–H and O–H groups in total. The van der Waals surface area contributed by atoms with Crippen LogP contribution in [0.15, 0.2) is 66.7 Å². The molecule has 0 atom stereocenters. The van der Waals surface area contributed by atoms with Crippen molar-refractivity contribution in [2.75, 3.05) is 13.7 Å². The summed E-state index contributed by atoms with van der Waals surface area (Å²) >= 11 is 0. The van der Waals surface area contributed by atoms with E-state index in [9.17, 15) is 9.59 Å². The van der Waals surface area contributed by atoms with E-state index in [1.165, 1.54) is 0 Å². The van der Waals surface area contributed by atoms with Crippen molar-refractivity contribution in [3.8, 4) is 5.75 Å². The van der Waals surface area contributed by atoms with Crippen LogP contribution in [-0.2, 0) is 16.1 Å². The zero-order valence-corrected chi connectivity index (χ0v) is 16.3. The molecule has 0 radical (unpaired) electrons. The Morgan fingerprint density at radius 1 is 0.966 bits per heavy atom. The highest BCUT2D eigenvalue weighted by Gasteiger charge is 2.33. The summed E-state index contributed by atoms with van der Waals surface area (Å²) in [7, 11) is 1.62. The molecule has 3 aromatic carbocycles. The molecule has 0 bridgehead atoms. The molecule has 1 fully saturated rings. The molecule has 0 saturated heterocycles. The zero-order valence-electron chi connectivity index (χ0n) is 16.3. The third-order valence-corrected chi connectivity index (χ3v) is 5.16. The fraction of sp³-hybridized carbons (Fsp3) is 0.250. The number of carbonyl (C=O) groups is 2. The lowest BCUT2D eigenvalue weighted by atomic mass is 10.1. The first-order chi connectivity index (χ1) is 14.2. The fourth-order valence-electron chi connectivity index (χ4n) is 3.43. The first-order valence-electron chi connectivity index (χ1n) is 9.73. The Hall–Kier alpha value is -3.34. The molecule has 29 heavy (non-hydrogen) atoms. The van der Waals surface area contributed by atoms with E-state index < -0.39 is 5.97 Å². The van der Waals surface area contributed by atoms with Crippen molar-refractivity contribution >= 4 is 22.6 Å². The van der Waals surface area contributed by atoms with E-state index in [1.807, 2.05) is 60.7 Å². The second-order valence-electron chi connectivity index (χ2n) is 7.20. The summed E-state index contributed by atoms with van der Waals surface area (Å²) in [5.41, 5.74) is 1.50. The van der Waals surface area contributed by atoms with E-state index in [2.05, 4.69) is 0 Å². The monoisotopic (exact) mass is 389 g/mol. The van der Waals surface area contributed by atoms with Gasteiger partial charge in [0.1, 0.15) is 5.75 Å². The van der Waals surface area contributed by atoms with Crippen molar-refractivity contribution in [1.29, 1.82) is 0 Å². The number of hydrogen-bond acceptors (Lipinski definition) is 4. The summed E-state index contributed by atoms with van der Waals surface area (Å²) in [6.45, 7) is 0.244. The standard InChI is InChI=1S/C24H23NO4/c1-28-20-13-9-17(10-14-20)15-25(19-11-12-19)23(26)16-29-24(27)22-8-4-6-18-5-2-3-7-21(18)22/h2-10,13-14,19H,11-12,15-16H2,1H3. The minimum atomic E-state index is -0.477. The van der Waals surface area contributed by atoms with Crippen LogP contribution >= 0.6 is 0 Å². The molecule has 5 nitrogen and oxygen atoms in total. The molecule has 1 amide bonds. The average molecular weight is 389 g/mol. The van der Waals surface area contributed by atoms with Gasteiger partial charge in [0, 0.05) is 12.6 Å². The van der Waals surface area contributed by atoms with Crippen molar-refractivity contribution in [2.45, 2.75) is 25.4 Å². The highest BCUT2D eigenvalue weighted by Crippen LogP contribution is 2.29. The minimum Gasteiger partial charge on any atom is -0.497 e. The van der Waals surface area contributed by atoms with Crippen LogP contribution in [0.25, 0.3) is 10.8 Å². The number of nitrogens with zero attached hydrogens (tertiary/aromatic N) is 1. The molecule has 1 aliphatic rings. The van der Waals surface area contributed by atoms with Gasteiger partial charge in [0.05, 0.1) is 12.7 Å². The van der Waals surface area contributed by atoms with E-state index in [0.717, 1.165) is 34.9 Å². The van der Waals surface area contributed by atoms with Gasteiger partial charge in [-0.15, -0.1) is 0 Å². The van der Waals surface area contributed by atoms with Gasteiger partial charge in [-0.2, -0.15) is 0 Å². The number of amides is 1. The maximum atomic E-state index is 12.8. The van der Waals surface area contributed by atoms with Crippen molar-refractivity contribution in [2.24, 2.45) is 0 Å². The second-order valence-corrected chi connectivity index (χ2v) is 7.20. The summed E-state index contributed by atoms with van der Waals surface area (Å²) in [4.78, 5) is 27.2. The van der Waals surface area contributed by atoms with E-state index >= 15 is 0 Å². The van der Waals surface area contributed by atoms with Crippen LogP contribution < -0.4 is 4.74 Å². The van der Waals surface area contributed by atoms with Gasteiger partial charge in [-0.25, -0.2) is 4.79 Å². The summed E-state index contributed by atoms with van der Waals surface area (Å²) in [6, 6.07) is 21.0. The van der Waals surface area contributed by atoms with Gasteiger partial charge in [0.25, 0.3) is 5.91 Å². The van der Waals surface area contributed by atoms with E-state index in [0.29, 0.717) is 12.1 Å². The highest BCUT2D eigenvalue weighted by molar-refractivity contribution is 6.04. The van der Waals surface area contributed by atoms with Gasteiger partial charge in [0.15, 0.2) is 6.61 Å². The lowest BCUT2D eigenvalue weighted by molar-refractivity contribution is -0.135. The quantitative estimate of drug-likeness (QED) is 0.569. The fourth-order valence-corrected chi connectivity index (χ4v) is 3.43. The number of methoxy groups -OCH3 is 1. The second kappa shape index (κ2) is 8.35. The van der Waals surface area contributed by atoms with E-state index in [-0.39, 0.29) is 18.6 Å². The largest absolute Gasteiger partial charge is 0.497 e. The maximum Gasteiger partial charge on any atom is 0.339 e. The Morgan fingerprint density at radius 3 is 2.41 bits per heavy atom. The molecule has 0 unspecified atom stereocenters. The van der Waals surface area contributed by atoms with Gasteiger partial charge in [-0.3, -0.25) is 4.79 Å². The third kappa shape index (κ3) is 4.40. The molecule has 0 aromatic heterocycles. The first kappa shape index (κ1) is 19.0. The number of esters is 1. The minimum absolute atomic E-state index is 0.170. The zero-order chi connectivity index (χ0) is 20.2. The van der Waals surface area contributed by atoms with Crippen LogP contribution in [0.4, 0.5) is 0 Å². The van der Waals surface area contributed by atoms with Gasteiger partial charge >= 0.3 is 5.97 Å². The molecule has 1 aliphatic carbocycles. The topological polar surface area (TPSA) is 55.8 Å². The number of rotatable bonds is 7. The number of carbonyl (C=O) groups excluding carboxylic acids is 2. The molecule has 3 aromatic rings. The van der Waals surface area contributed by atoms with Crippen LogP contribution in [0.5, 0.6) is 5.75 Å². The highest BCUT2D eigenvalue weighted by atomic mass is 16.5. The van der Waals surface area contributed by atoms with Crippen molar-refractivity contribution < 1.29 is 19.1 Å². The molecule has 4 rings (SSSR count). The third-order valence-electron chi connectivity index (χ3n) is 5.16. The van der Waals surface area contributed by atoms with Crippen LogP contribution in [0, 0.1) is 0 Å². The van der Waals surface area contributed by atoms with Crippen LogP contribution in [0.1, 0.15) is 28.8 Å². The Balaban J connectivity index is 1.42. The smallest absolute Gasteiger partial charge is 0.339 e. The van der Waals surface area contributed by atoms with Gasteiger partial charge in [-0.05, 0) is 47.4 Å². The van der Waals surface area contributed by atoms with Crippen molar-refractivity contribution in [3.05, 3.63) is 77.9 Å². The first-order valence-corrected chi connectivity index (χ1v) is 9.73. The number of fused-ring (bicyclic) bond motifs is 1. The summed E-state index contributed by atoms with van der Waals surface area (Å²) < 4.78 is 10.6. The summed E-state index contributed by atoms with van der Waals surface area (Å²) in [5.74, 6) is 0.134. The SMILES string of the molecule is COc1ccc(CN(C(=O)COC(=O)c2cccc3ccccc23)C2CC2)cc1. The number of hydrogen-bond donors (Lipinski definition) is 0. The Bertz CT molecular complexity index is 1020. The Kier molecular flexibility index (Phi) is 5.47. The molecule has 148 valence electrons. The predicted octanol–water partition coefficient (Wildman–Crippen LogP) is 4.20. The Morgan fingerprint density at radius 2 is 1.69 bits per heavy atom. The average Bonchev–Trinajstić information content (AvgIpc) is 3.61. The molecule has 5 heteroatoms. The van der Waals surface area contributed by atoms with Gasteiger partial charge in [-0.1, -0.05) is 48.5 Å². The van der Waals surface area contributed by atoms with Crippen molar-refractivity contribution in [3.63, 3.8) is 0 Å². The van der Waals surface area contributed by atoms with Gasteiger partial charge < -0.3 is 14.4 Å². The normalized spacial score (nSPS) is 13.1. The van der Waals surface area contributed by atoms with Crippen molar-refractivity contribution in [1.82, 2.24) is 4.90 Å². The molecular formula is C24H23NO4.